The van der Waals surface area contributed by atoms with Crippen LogP contribution in [0.15, 0.2) is 0 Å². The lowest BCUT2D eigenvalue weighted by Crippen LogP contribution is -2.29. The standard InChI is InChI=1S/C6H12N2O3S/c7-6(10)11-3-2-8-5(9)1-4-12/h12H,1-4H2,(H2,7,10)(H,8,9). The fourth-order valence-corrected chi connectivity index (χ4v) is 0.735. The van der Waals surface area contributed by atoms with Crippen LogP contribution < -0.4 is 11.1 Å². The summed E-state index contributed by atoms with van der Waals surface area (Å²) in [6.45, 7) is 0.392. The first-order valence-corrected chi connectivity index (χ1v) is 4.10. The molecule has 0 aliphatic heterocycles. The molecule has 0 bridgehead atoms. The molecule has 2 amide bonds. The Morgan fingerprint density at radius 3 is 2.67 bits per heavy atom. The average Bonchev–Trinajstić information content (AvgIpc) is 1.98. The molecule has 0 rings (SSSR count). The van der Waals surface area contributed by atoms with E-state index in [1.807, 2.05) is 0 Å². The van der Waals surface area contributed by atoms with E-state index in [1.54, 1.807) is 0 Å². The largest absolute Gasteiger partial charge is 0.448 e. The number of thiol groups is 1. The summed E-state index contributed by atoms with van der Waals surface area (Å²) in [4.78, 5) is 20.8. The van der Waals surface area contributed by atoms with Crippen molar-refractivity contribution in [3.63, 3.8) is 0 Å². The Hall–Kier alpha value is -0.910. The maximum absolute atomic E-state index is 10.8. The Morgan fingerprint density at radius 2 is 2.17 bits per heavy atom. The Bertz CT molecular complexity index is 163. The first-order chi connectivity index (χ1) is 5.66. The molecule has 0 aliphatic carbocycles. The van der Waals surface area contributed by atoms with E-state index in [0.29, 0.717) is 12.2 Å². The summed E-state index contributed by atoms with van der Waals surface area (Å²) >= 11 is 3.87. The van der Waals surface area contributed by atoms with Crippen LogP contribution in [0.1, 0.15) is 6.42 Å². The fourth-order valence-electron chi connectivity index (χ4n) is 0.532. The Labute approximate surface area is 76.0 Å². The molecule has 6 heteroatoms. The van der Waals surface area contributed by atoms with Gasteiger partial charge in [-0.3, -0.25) is 4.79 Å². The van der Waals surface area contributed by atoms with Crippen LogP contribution in [0.2, 0.25) is 0 Å². The highest BCUT2D eigenvalue weighted by molar-refractivity contribution is 7.80. The third kappa shape index (κ3) is 7.20. The summed E-state index contributed by atoms with van der Waals surface area (Å²) in [6, 6.07) is 0. The molecule has 0 atom stereocenters. The second-order valence-electron chi connectivity index (χ2n) is 1.99. The Kier molecular flexibility index (Phi) is 6.26. The molecule has 0 aliphatic rings. The molecule has 0 fully saturated rings. The van der Waals surface area contributed by atoms with Crippen LogP contribution in [0, 0.1) is 0 Å². The molecular formula is C6H12N2O3S. The van der Waals surface area contributed by atoms with Gasteiger partial charge in [0.1, 0.15) is 6.61 Å². The molecule has 0 spiro atoms. The maximum atomic E-state index is 10.8. The summed E-state index contributed by atoms with van der Waals surface area (Å²) in [5, 5.41) is 2.52. The smallest absolute Gasteiger partial charge is 0.404 e. The van der Waals surface area contributed by atoms with Crippen LogP contribution in [0.25, 0.3) is 0 Å². The van der Waals surface area contributed by atoms with E-state index < -0.39 is 6.09 Å². The quantitative estimate of drug-likeness (QED) is 0.406. The highest BCUT2D eigenvalue weighted by Crippen LogP contribution is 1.82. The van der Waals surface area contributed by atoms with Gasteiger partial charge in [-0.05, 0) is 5.75 Å². The Morgan fingerprint density at radius 1 is 1.50 bits per heavy atom. The van der Waals surface area contributed by atoms with Gasteiger partial charge in [-0.1, -0.05) is 0 Å². The van der Waals surface area contributed by atoms with E-state index in [-0.39, 0.29) is 19.1 Å². The fraction of sp³-hybridized carbons (Fsp3) is 0.667. The van der Waals surface area contributed by atoms with E-state index >= 15 is 0 Å². The summed E-state index contributed by atoms with van der Waals surface area (Å²) in [5.41, 5.74) is 4.68. The van der Waals surface area contributed by atoms with Crippen molar-refractivity contribution in [3.8, 4) is 0 Å². The minimum atomic E-state index is -0.835. The number of amides is 2. The number of rotatable bonds is 5. The topological polar surface area (TPSA) is 81.4 Å². The lowest BCUT2D eigenvalue weighted by molar-refractivity contribution is -0.120. The van der Waals surface area contributed by atoms with Gasteiger partial charge >= 0.3 is 6.09 Å². The number of nitrogens with one attached hydrogen (secondary N) is 1. The van der Waals surface area contributed by atoms with Crippen molar-refractivity contribution in [3.05, 3.63) is 0 Å². The van der Waals surface area contributed by atoms with Crippen LogP contribution in [0.4, 0.5) is 4.79 Å². The van der Waals surface area contributed by atoms with Crippen molar-refractivity contribution in [2.45, 2.75) is 6.42 Å². The van der Waals surface area contributed by atoms with Gasteiger partial charge in [-0.15, -0.1) is 0 Å². The van der Waals surface area contributed by atoms with E-state index in [2.05, 4.69) is 28.4 Å². The van der Waals surface area contributed by atoms with E-state index in [0.717, 1.165) is 0 Å². The second kappa shape index (κ2) is 6.78. The average molecular weight is 192 g/mol. The summed E-state index contributed by atoms with van der Waals surface area (Å²) < 4.78 is 4.38. The van der Waals surface area contributed by atoms with Gasteiger partial charge in [-0.25, -0.2) is 4.79 Å². The molecule has 12 heavy (non-hydrogen) atoms. The van der Waals surface area contributed by atoms with Crippen molar-refractivity contribution in [1.29, 1.82) is 0 Å². The van der Waals surface area contributed by atoms with Crippen LogP contribution >= 0.6 is 12.6 Å². The van der Waals surface area contributed by atoms with Crippen LogP contribution in [-0.2, 0) is 9.53 Å². The first-order valence-electron chi connectivity index (χ1n) is 3.46. The molecule has 0 aromatic rings. The van der Waals surface area contributed by atoms with E-state index in [4.69, 9.17) is 0 Å². The molecule has 3 N–H and O–H groups in total. The van der Waals surface area contributed by atoms with Crippen molar-refractivity contribution in [2.24, 2.45) is 5.73 Å². The van der Waals surface area contributed by atoms with Gasteiger partial charge in [-0.2, -0.15) is 12.6 Å². The van der Waals surface area contributed by atoms with Gasteiger partial charge in [0.05, 0.1) is 6.54 Å². The normalized spacial score (nSPS) is 9.08. The number of carbonyl (C=O) groups is 2. The van der Waals surface area contributed by atoms with E-state index in [1.165, 1.54) is 0 Å². The number of carbonyl (C=O) groups excluding carboxylic acids is 2. The summed E-state index contributed by atoms with van der Waals surface area (Å²) in [5.74, 6) is 0.390. The third-order valence-electron chi connectivity index (χ3n) is 1.01. The monoisotopic (exact) mass is 192 g/mol. The first kappa shape index (κ1) is 11.1. The van der Waals surface area contributed by atoms with Crippen molar-refractivity contribution in [1.82, 2.24) is 5.32 Å². The zero-order valence-corrected chi connectivity index (χ0v) is 7.47. The lowest BCUT2D eigenvalue weighted by Gasteiger charge is -2.03. The zero-order valence-electron chi connectivity index (χ0n) is 6.58. The van der Waals surface area contributed by atoms with Gasteiger partial charge in [0.2, 0.25) is 5.91 Å². The molecular weight excluding hydrogens is 180 g/mol. The molecule has 0 aromatic carbocycles. The highest BCUT2D eigenvalue weighted by Gasteiger charge is 1.98. The van der Waals surface area contributed by atoms with Crippen LogP contribution in [0.5, 0.6) is 0 Å². The third-order valence-corrected chi connectivity index (χ3v) is 1.23. The van der Waals surface area contributed by atoms with Gasteiger partial charge in [0.15, 0.2) is 0 Å². The minimum absolute atomic E-state index is 0.105. The number of primary amides is 1. The van der Waals surface area contributed by atoms with Crippen LogP contribution in [0.3, 0.4) is 0 Å². The van der Waals surface area contributed by atoms with Crippen LogP contribution in [-0.4, -0.2) is 30.9 Å². The predicted octanol–water partition coefficient (Wildman–Crippen LogP) is -0.482. The van der Waals surface area contributed by atoms with Gasteiger partial charge in [0.25, 0.3) is 0 Å². The van der Waals surface area contributed by atoms with E-state index in [9.17, 15) is 9.59 Å². The lowest BCUT2D eigenvalue weighted by atomic mass is 10.4. The van der Waals surface area contributed by atoms with Crippen molar-refractivity contribution < 1.29 is 14.3 Å². The number of hydrogen-bond donors (Lipinski definition) is 3. The molecule has 0 saturated heterocycles. The van der Waals surface area contributed by atoms with Crippen molar-refractivity contribution >= 4 is 24.6 Å². The number of hydrogen-bond acceptors (Lipinski definition) is 4. The summed E-state index contributed by atoms with van der Waals surface area (Å²) in [6.07, 6.45) is -0.474. The molecule has 0 radical (unpaired) electrons. The maximum Gasteiger partial charge on any atom is 0.404 e. The van der Waals surface area contributed by atoms with Crippen molar-refractivity contribution in [2.75, 3.05) is 18.9 Å². The molecule has 0 unspecified atom stereocenters. The molecule has 0 aromatic heterocycles. The highest BCUT2D eigenvalue weighted by atomic mass is 32.1. The minimum Gasteiger partial charge on any atom is -0.448 e. The second-order valence-corrected chi connectivity index (χ2v) is 2.44. The number of nitrogens with two attached hydrogens (primary N) is 1. The summed E-state index contributed by atoms with van der Waals surface area (Å²) in [7, 11) is 0. The molecule has 0 saturated carbocycles. The molecule has 5 nitrogen and oxygen atoms in total. The zero-order chi connectivity index (χ0) is 9.40. The molecule has 0 heterocycles. The predicted molar refractivity (Wildman–Crippen MR) is 47.0 cm³/mol. The van der Waals surface area contributed by atoms with Gasteiger partial charge < -0.3 is 15.8 Å². The number of ether oxygens (including phenoxy) is 1. The molecule has 70 valence electrons. The van der Waals surface area contributed by atoms with Gasteiger partial charge in [0, 0.05) is 6.42 Å². The Balaban J connectivity index is 3.19. The SMILES string of the molecule is NC(=O)OCCNC(=O)CCS.